The number of nitrogens with zero attached hydrogens (tertiary/aromatic N) is 4. The molecule has 2 heterocycles. The van der Waals surface area contributed by atoms with Gasteiger partial charge < -0.3 is 14.5 Å². The molecule has 0 unspecified atom stereocenters. The van der Waals surface area contributed by atoms with Gasteiger partial charge in [-0.15, -0.1) is 11.3 Å². The molecule has 8 nitrogen and oxygen atoms in total. The number of thiazole rings is 1. The number of aryl methyl sites for hydroxylation is 1. The minimum Gasteiger partial charge on any atom is -0.496 e. The summed E-state index contributed by atoms with van der Waals surface area (Å²) in [6.45, 7) is 8.93. The zero-order valence-corrected chi connectivity index (χ0v) is 20.1. The summed E-state index contributed by atoms with van der Waals surface area (Å²) >= 11 is 1.61. The van der Waals surface area contributed by atoms with Gasteiger partial charge >= 0.3 is 0 Å². The third-order valence-electron chi connectivity index (χ3n) is 5.41. The first-order valence-corrected chi connectivity index (χ1v) is 12.8. The van der Waals surface area contributed by atoms with Gasteiger partial charge in [0.2, 0.25) is 10.0 Å². The van der Waals surface area contributed by atoms with E-state index in [2.05, 4.69) is 9.88 Å². The van der Waals surface area contributed by atoms with Crippen molar-refractivity contribution in [3.63, 3.8) is 0 Å². The van der Waals surface area contributed by atoms with Gasteiger partial charge in [0, 0.05) is 44.6 Å². The maximum atomic E-state index is 13.4. The summed E-state index contributed by atoms with van der Waals surface area (Å²) < 4.78 is 32.7. The Labute approximate surface area is 188 Å². The molecule has 0 spiro atoms. The fourth-order valence-electron chi connectivity index (χ4n) is 3.70. The van der Waals surface area contributed by atoms with E-state index in [1.807, 2.05) is 12.3 Å². The molecule has 0 bridgehead atoms. The first-order valence-electron chi connectivity index (χ1n) is 10.5. The summed E-state index contributed by atoms with van der Waals surface area (Å²) in [5.41, 5.74) is 1.27. The number of rotatable bonds is 7. The van der Waals surface area contributed by atoms with E-state index in [9.17, 15) is 13.2 Å². The predicted molar refractivity (Wildman–Crippen MR) is 123 cm³/mol. The van der Waals surface area contributed by atoms with Crippen molar-refractivity contribution in [3.8, 4) is 5.75 Å². The molecule has 0 atom stereocenters. The molecule has 1 aromatic heterocycles. The van der Waals surface area contributed by atoms with Crippen LogP contribution in [-0.4, -0.2) is 74.9 Å². The molecule has 170 valence electrons. The first-order chi connectivity index (χ1) is 14.8. The zero-order valence-electron chi connectivity index (χ0n) is 18.5. The topological polar surface area (TPSA) is 83.0 Å². The number of hydrogen-bond donors (Lipinski definition) is 0. The van der Waals surface area contributed by atoms with E-state index in [0.717, 1.165) is 23.8 Å². The van der Waals surface area contributed by atoms with E-state index >= 15 is 0 Å². The summed E-state index contributed by atoms with van der Waals surface area (Å²) in [4.78, 5) is 22.0. The molecule has 1 saturated heterocycles. The Bertz CT molecular complexity index is 1020. The number of methoxy groups -OCH3 is 1. The second-order valence-electron chi connectivity index (χ2n) is 7.36. The SMILES string of the molecule is CCN(CC)S(=O)(=O)c1ccc(OC)c(C(=O)N2CCCN(c3nc(C)cs3)CC2)c1. The maximum absolute atomic E-state index is 13.4. The van der Waals surface area contributed by atoms with Gasteiger partial charge in [0.25, 0.3) is 5.91 Å². The second-order valence-corrected chi connectivity index (χ2v) is 10.1. The van der Waals surface area contributed by atoms with Gasteiger partial charge in [0.1, 0.15) is 5.75 Å². The standard InChI is InChI=1S/C21H30N4O4S2/c1-5-25(6-2)31(27,28)17-8-9-19(29-4)18(14-17)20(26)23-10-7-11-24(13-12-23)21-22-16(3)15-30-21/h8-9,14-15H,5-7,10-13H2,1-4H3. The number of hydrogen-bond acceptors (Lipinski definition) is 7. The third kappa shape index (κ3) is 5.02. The van der Waals surface area contributed by atoms with Crippen LogP contribution < -0.4 is 9.64 Å². The molecule has 2 aromatic rings. The number of ether oxygens (including phenoxy) is 1. The van der Waals surface area contributed by atoms with Crippen molar-refractivity contribution in [2.45, 2.75) is 32.1 Å². The highest BCUT2D eigenvalue weighted by Gasteiger charge is 2.27. The molecule has 10 heteroatoms. The minimum absolute atomic E-state index is 0.107. The largest absolute Gasteiger partial charge is 0.496 e. The van der Waals surface area contributed by atoms with Crippen LogP contribution in [0.2, 0.25) is 0 Å². The van der Waals surface area contributed by atoms with E-state index in [1.165, 1.54) is 23.5 Å². The van der Waals surface area contributed by atoms with E-state index < -0.39 is 10.0 Å². The van der Waals surface area contributed by atoms with Gasteiger partial charge in [0.05, 0.1) is 23.3 Å². The summed E-state index contributed by atoms with van der Waals surface area (Å²) in [7, 11) is -2.18. The number of benzene rings is 1. The Balaban J connectivity index is 1.85. The van der Waals surface area contributed by atoms with Crippen molar-refractivity contribution < 1.29 is 17.9 Å². The molecule has 1 amide bonds. The Hall–Kier alpha value is -2.17. The van der Waals surface area contributed by atoms with Gasteiger partial charge in [-0.3, -0.25) is 4.79 Å². The highest BCUT2D eigenvalue weighted by Crippen LogP contribution is 2.27. The molecular formula is C21H30N4O4S2. The number of carbonyl (C=O) groups is 1. The van der Waals surface area contributed by atoms with Crippen LogP contribution in [0.4, 0.5) is 5.13 Å². The molecule has 0 saturated carbocycles. The number of sulfonamides is 1. The molecule has 1 aliphatic rings. The van der Waals surface area contributed by atoms with Crippen LogP contribution in [-0.2, 0) is 10.0 Å². The lowest BCUT2D eigenvalue weighted by molar-refractivity contribution is 0.0763. The average molecular weight is 467 g/mol. The van der Waals surface area contributed by atoms with Crippen molar-refractivity contribution in [3.05, 3.63) is 34.8 Å². The molecule has 0 aliphatic carbocycles. The van der Waals surface area contributed by atoms with Gasteiger partial charge in [-0.25, -0.2) is 13.4 Å². The van der Waals surface area contributed by atoms with E-state index in [4.69, 9.17) is 4.74 Å². The van der Waals surface area contributed by atoms with E-state index in [0.29, 0.717) is 38.5 Å². The van der Waals surface area contributed by atoms with E-state index in [1.54, 1.807) is 36.2 Å². The van der Waals surface area contributed by atoms with Crippen molar-refractivity contribution >= 4 is 32.4 Å². The predicted octanol–water partition coefficient (Wildman–Crippen LogP) is 2.84. The fourth-order valence-corrected chi connectivity index (χ4v) is 6.04. The molecule has 0 N–H and O–H groups in total. The highest BCUT2D eigenvalue weighted by atomic mass is 32.2. The smallest absolute Gasteiger partial charge is 0.257 e. The lowest BCUT2D eigenvalue weighted by atomic mass is 10.1. The van der Waals surface area contributed by atoms with E-state index in [-0.39, 0.29) is 16.4 Å². The molecule has 1 fully saturated rings. The van der Waals surface area contributed by atoms with Crippen molar-refractivity contribution in [2.75, 3.05) is 51.3 Å². The summed E-state index contributed by atoms with van der Waals surface area (Å²) in [6, 6.07) is 4.51. The molecule has 31 heavy (non-hydrogen) atoms. The average Bonchev–Trinajstić information content (AvgIpc) is 3.05. The Morgan fingerprint density at radius 2 is 1.94 bits per heavy atom. The summed E-state index contributed by atoms with van der Waals surface area (Å²) in [5.74, 6) is 0.158. The third-order valence-corrected chi connectivity index (χ3v) is 8.47. The first kappa shape index (κ1) is 23.5. The molecule has 3 rings (SSSR count). The normalized spacial score (nSPS) is 15.3. The minimum atomic E-state index is -3.67. The number of anilines is 1. The van der Waals surface area contributed by atoms with Crippen molar-refractivity contribution in [1.82, 2.24) is 14.2 Å². The van der Waals surface area contributed by atoms with Crippen LogP contribution in [0.15, 0.2) is 28.5 Å². The van der Waals surface area contributed by atoms with Crippen LogP contribution in [0.3, 0.4) is 0 Å². The number of aromatic nitrogens is 1. The lowest BCUT2D eigenvalue weighted by Crippen LogP contribution is -2.35. The van der Waals surface area contributed by atoms with Crippen LogP contribution in [0.1, 0.15) is 36.3 Å². The monoisotopic (exact) mass is 466 g/mol. The highest BCUT2D eigenvalue weighted by molar-refractivity contribution is 7.89. The Morgan fingerprint density at radius 3 is 2.55 bits per heavy atom. The zero-order chi connectivity index (χ0) is 22.6. The molecule has 1 aromatic carbocycles. The maximum Gasteiger partial charge on any atom is 0.257 e. The van der Waals surface area contributed by atoms with Gasteiger partial charge in [-0.2, -0.15) is 4.31 Å². The summed E-state index contributed by atoms with van der Waals surface area (Å²) in [6.07, 6.45) is 0.810. The second kappa shape index (κ2) is 9.97. The Morgan fingerprint density at radius 1 is 1.19 bits per heavy atom. The Kier molecular flexibility index (Phi) is 7.55. The molecule has 1 aliphatic heterocycles. The van der Waals surface area contributed by atoms with Crippen LogP contribution in [0.25, 0.3) is 0 Å². The summed E-state index contributed by atoms with van der Waals surface area (Å²) in [5, 5.41) is 2.99. The van der Waals surface area contributed by atoms with Gasteiger partial charge in [-0.1, -0.05) is 13.8 Å². The fraction of sp³-hybridized carbons (Fsp3) is 0.524. The number of carbonyl (C=O) groups excluding carboxylic acids is 1. The molecule has 0 radical (unpaired) electrons. The van der Waals surface area contributed by atoms with Crippen LogP contribution in [0.5, 0.6) is 5.75 Å². The van der Waals surface area contributed by atoms with Crippen LogP contribution in [0, 0.1) is 6.92 Å². The van der Waals surface area contributed by atoms with Crippen molar-refractivity contribution in [2.24, 2.45) is 0 Å². The van der Waals surface area contributed by atoms with Crippen molar-refractivity contribution in [1.29, 1.82) is 0 Å². The lowest BCUT2D eigenvalue weighted by Gasteiger charge is -2.23. The number of amides is 1. The molecular weight excluding hydrogens is 436 g/mol. The van der Waals surface area contributed by atoms with Gasteiger partial charge in [-0.05, 0) is 31.5 Å². The van der Waals surface area contributed by atoms with Crippen LogP contribution >= 0.6 is 11.3 Å². The van der Waals surface area contributed by atoms with Gasteiger partial charge in [0.15, 0.2) is 5.13 Å². The quantitative estimate of drug-likeness (QED) is 0.624.